The molecule has 1 fully saturated rings. The molecule has 3 N–H and O–H groups in total. The maximum absolute atomic E-state index is 12.4. The lowest BCUT2D eigenvalue weighted by Crippen LogP contribution is -2.40. The largest absolute Gasteiger partial charge is 0.398 e. The van der Waals surface area contributed by atoms with Gasteiger partial charge in [0, 0.05) is 18.3 Å². The summed E-state index contributed by atoms with van der Waals surface area (Å²) >= 11 is 6.02. The van der Waals surface area contributed by atoms with Crippen LogP contribution in [-0.4, -0.2) is 27.2 Å². The fraction of sp³-hybridized carbons (Fsp3) is 0.538. The van der Waals surface area contributed by atoms with E-state index in [-0.39, 0.29) is 22.1 Å². The lowest BCUT2D eigenvalue weighted by Gasteiger charge is -2.20. The summed E-state index contributed by atoms with van der Waals surface area (Å²) in [6, 6.07) is 2.64. The molecule has 2 atom stereocenters. The zero-order valence-electron chi connectivity index (χ0n) is 11.5. The van der Waals surface area contributed by atoms with Gasteiger partial charge in [0.05, 0.1) is 11.1 Å². The molecule has 20 heavy (non-hydrogen) atoms. The fourth-order valence-electron chi connectivity index (χ4n) is 2.26. The van der Waals surface area contributed by atoms with E-state index in [2.05, 4.69) is 4.72 Å². The summed E-state index contributed by atoms with van der Waals surface area (Å²) in [6.45, 7) is 4.24. The number of halogens is 1. The molecule has 5 nitrogen and oxygen atoms in total. The van der Waals surface area contributed by atoms with Crippen LogP contribution in [0.2, 0.25) is 5.02 Å². The number of ether oxygens (including phenoxy) is 1. The predicted molar refractivity (Wildman–Crippen MR) is 79.4 cm³/mol. The summed E-state index contributed by atoms with van der Waals surface area (Å²) in [6.07, 6.45) is 1.72. The smallest absolute Gasteiger partial charge is 0.242 e. The second-order valence-electron chi connectivity index (χ2n) is 5.10. The normalized spacial score (nSPS) is 21.1. The van der Waals surface area contributed by atoms with E-state index in [1.54, 1.807) is 19.9 Å². The number of nitrogens with one attached hydrogen (secondary N) is 1. The molecule has 0 bridgehead atoms. The first-order chi connectivity index (χ1) is 9.31. The van der Waals surface area contributed by atoms with Gasteiger partial charge in [0.15, 0.2) is 0 Å². The molecule has 0 spiro atoms. The molecule has 0 amide bonds. The molecule has 112 valence electrons. The van der Waals surface area contributed by atoms with Crippen molar-refractivity contribution in [3.05, 3.63) is 22.7 Å². The van der Waals surface area contributed by atoms with Crippen LogP contribution < -0.4 is 10.5 Å². The van der Waals surface area contributed by atoms with E-state index < -0.39 is 10.0 Å². The highest BCUT2D eigenvalue weighted by Crippen LogP contribution is 2.27. The minimum absolute atomic E-state index is 0.00659. The second-order valence-corrected chi connectivity index (χ2v) is 7.19. The van der Waals surface area contributed by atoms with Crippen LogP contribution in [0.5, 0.6) is 0 Å². The number of hydrogen-bond donors (Lipinski definition) is 2. The molecule has 7 heteroatoms. The van der Waals surface area contributed by atoms with Gasteiger partial charge in [-0.05, 0) is 44.4 Å². The first kappa shape index (κ1) is 15.6. The van der Waals surface area contributed by atoms with Gasteiger partial charge >= 0.3 is 0 Å². The number of nitrogen functional groups attached to an aromatic ring is 1. The highest BCUT2D eigenvalue weighted by Gasteiger charge is 2.28. The SMILES string of the molecule is Cc1cc(Cl)c(S(=O)(=O)NC(C)C2CCCO2)cc1N. The van der Waals surface area contributed by atoms with Crippen LogP contribution in [0.1, 0.15) is 25.3 Å². The molecule has 1 heterocycles. The Morgan fingerprint density at radius 1 is 1.50 bits per heavy atom. The number of sulfonamides is 1. The molecule has 1 saturated heterocycles. The molecule has 1 aliphatic heterocycles. The van der Waals surface area contributed by atoms with Gasteiger partial charge in [0.25, 0.3) is 0 Å². The second kappa shape index (κ2) is 5.89. The van der Waals surface area contributed by atoms with E-state index in [1.807, 2.05) is 0 Å². The van der Waals surface area contributed by atoms with Crippen molar-refractivity contribution >= 4 is 27.3 Å². The van der Waals surface area contributed by atoms with Gasteiger partial charge in [-0.1, -0.05) is 11.6 Å². The highest BCUT2D eigenvalue weighted by atomic mass is 35.5. The van der Waals surface area contributed by atoms with Crippen LogP contribution in [0.15, 0.2) is 17.0 Å². The molecule has 1 aliphatic rings. The van der Waals surface area contributed by atoms with Gasteiger partial charge in [-0.25, -0.2) is 13.1 Å². The van der Waals surface area contributed by atoms with Gasteiger partial charge in [0.2, 0.25) is 10.0 Å². The van der Waals surface area contributed by atoms with E-state index in [0.29, 0.717) is 12.3 Å². The Morgan fingerprint density at radius 3 is 2.80 bits per heavy atom. The van der Waals surface area contributed by atoms with Crippen molar-refractivity contribution in [2.45, 2.75) is 43.7 Å². The Labute approximate surface area is 124 Å². The molecule has 2 unspecified atom stereocenters. The Morgan fingerprint density at radius 2 is 2.20 bits per heavy atom. The zero-order chi connectivity index (χ0) is 14.9. The summed E-state index contributed by atoms with van der Waals surface area (Å²) < 4.78 is 32.8. The van der Waals surface area contributed by atoms with Crippen LogP contribution in [0, 0.1) is 6.92 Å². The zero-order valence-corrected chi connectivity index (χ0v) is 13.1. The third-order valence-corrected chi connectivity index (χ3v) is 5.50. The van der Waals surface area contributed by atoms with Crippen LogP contribution >= 0.6 is 11.6 Å². The Kier molecular flexibility index (Phi) is 4.59. The van der Waals surface area contributed by atoms with Crippen LogP contribution in [0.4, 0.5) is 5.69 Å². The lowest BCUT2D eigenvalue weighted by molar-refractivity contribution is 0.0902. The maximum atomic E-state index is 12.4. The standard InChI is InChI=1S/C13H19ClN2O3S/c1-8-6-10(14)13(7-11(8)15)20(17,18)16-9(2)12-4-3-5-19-12/h6-7,9,12,16H,3-5,15H2,1-2H3. The quantitative estimate of drug-likeness (QED) is 0.833. The lowest BCUT2D eigenvalue weighted by atomic mass is 10.1. The van der Waals surface area contributed by atoms with Gasteiger partial charge in [-0.15, -0.1) is 0 Å². The van der Waals surface area contributed by atoms with Crippen molar-refractivity contribution in [3.8, 4) is 0 Å². The third kappa shape index (κ3) is 3.25. The molecule has 1 aromatic rings. The summed E-state index contributed by atoms with van der Waals surface area (Å²) in [4.78, 5) is 0.00659. The molecule has 0 aromatic heterocycles. The molecule has 0 saturated carbocycles. The van der Waals surface area contributed by atoms with E-state index in [4.69, 9.17) is 22.1 Å². The number of anilines is 1. The van der Waals surface area contributed by atoms with E-state index in [1.165, 1.54) is 6.07 Å². The minimum atomic E-state index is -3.71. The monoisotopic (exact) mass is 318 g/mol. The van der Waals surface area contributed by atoms with Crippen molar-refractivity contribution in [1.29, 1.82) is 0 Å². The molecule has 0 aliphatic carbocycles. The molecule has 0 radical (unpaired) electrons. The minimum Gasteiger partial charge on any atom is -0.398 e. The van der Waals surface area contributed by atoms with Crippen molar-refractivity contribution in [2.75, 3.05) is 12.3 Å². The molecule has 2 rings (SSSR count). The highest BCUT2D eigenvalue weighted by molar-refractivity contribution is 7.89. The van der Waals surface area contributed by atoms with E-state index >= 15 is 0 Å². The molecular weight excluding hydrogens is 300 g/mol. The average Bonchev–Trinajstić information content (AvgIpc) is 2.86. The Hall–Kier alpha value is -0.820. The summed E-state index contributed by atoms with van der Waals surface area (Å²) in [7, 11) is -3.71. The topological polar surface area (TPSA) is 81.4 Å². The summed E-state index contributed by atoms with van der Waals surface area (Å²) in [5.41, 5.74) is 6.92. The van der Waals surface area contributed by atoms with E-state index in [9.17, 15) is 8.42 Å². The number of nitrogens with two attached hydrogens (primary N) is 1. The third-order valence-electron chi connectivity index (χ3n) is 3.47. The number of rotatable bonds is 4. The van der Waals surface area contributed by atoms with Gasteiger partial charge in [0.1, 0.15) is 4.90 Å². The summed E-state index contributed by atoms with van der Waals surface area (Å²) in [5, 5.41) is 0.170. The van der Waals surface area contributed by atoms with Crippen molar-refractivity contribution in [1.82, 2.24) is 4.72 Å². The first-order valence-electron chi connectivity index (χ1n) is 6.51. The van der Waals surface area contributed by atoms with Crippen LogP contribution in [0.25, 0.3) is 0 Å². The van der Waals surface area contributed by atoms with Gasteiger partial charge in [-0.2, -0.15) is 0 Å². The first-order valence-corrected chi connectivity index (χ1v) is 8.37. The average molecular weight is 319 g/mol. The number of hydrogen-bond acceptors (Lipinski definition) is 4. The van der Waals surface area contributed by atoms with Gasteiger partial charge < -0.3 is 10.5 Å². The Bertz CT molecular complexity index is 598. The molecule has 1 aromatic carbocycles. The van der Waals surface area contributed by atoms with Crippen molar-refractivity contribution in [3.63, 3.8) is 0 Å². The predicted octanol–water partition coefficient (Wildman–Crippen LogP) is 2.08. The van der Waals surface area contributed by atoms with Gasteiger partial charge in [-0.3, -0.25) is 0 Å². The Balaban J connectivity index is 2.24. The number of benzene rings is 1. The summed E-state index contributed by atoms with van der Waals surface area (Å²) in [5.74, 6) is 0. The van der Waals surface area contributed by atoms with Crippen molar-refractivity contribution in [2.24, 2.45) is 0 Å². The van der Waals surface area contributed by atoms with Crippen LogP contribution in [-0.2, 0) is 14.8 Å². The van der Waals surface area contributed by atoms with E-state index in [0.717, 1.165) is 18.4 Å². The van der Waals surface area contributed by atoms with Crippen molar-refractivity contribution < 1.29 is 13.2 Å². The fourth-order valence-corrected chi connectivity index (χ4v) is 4.14. The number of aryl methyl sites for hydroxylation is 1. The van der Waals surface area contributed by atoms with Crippen LogP contribution in [0.3, 0.4) is 0 Å². The maximum Gasteiger partial charge on any atom is 0.242 e. The molecular formula is C13H19ClN2O3S.